The monoisotopic (exact) mass is 774 g/mol. The largest absolute Gasteiger partial charge is 1.00 e. The number of carbonyl (C=O) groups excluding carboxylic acids is 2. The van der Waals surface area contributed by atoms with Crippen LogP contribution in [0.1, 0.15) is 96.6 Å². The molecule has 1 aliphatic carbocycles. The Hall–Kier alpha value is -3.92. The summed E-state index contributed by atoms with van der Waals surface area (Å²) in [4.78, 5) is 27.0. The first kappa shape index (κ1) is 43.8. The Morgan fingerprint density at radius 3 is 2.33 bits per heavy atom. The second kappa shape index (κ2) is 21.4. The Kier molecular flexibility index (Phi) is 17.0. The number of carbonyl (C=O) groups is 2. The number of benzene rings is 2. The van der Waals surface area contributed by atoms with Gasteiger partial charge >= 0.3 is 6.09 Å². The van der Waals surface area contributed by atoms with Crippen molar-refractivity contribution in [2.24, 2.45) is 0 Å². The van der Waals surface area contributed by atoms with Gasteiger partial charge in [0.05, 0.1) is 31.8 Å². The molecule has 0 aromatic heterocycles. The number of allylic oxidation sites excluding steroid dienone is 5. The van der Waals surface area contributed by atoms with Crippen LogP contribution in [0.25, 0.3) is 0 Å². The van der Waals surface area contributed by atoms with Crippen molar-refractivity contribution in [3.63, 3.8) is 0 Å². The summed E-state index contributed by atoms with van der Waals surface area (Å²) in [5.41, 5.74) is 7.67. The summed E-state index contributed by atoms with van der Waals surface area (Å²) in [5.74, 6) is 0.0561. The number of halogens is 1. The van der Waals surface area contributed by atoms with Crippen molar-refractivity contribution in [2.45, 2.75) is 102 Å². The van der Waals surface area contributed by atoms with Gasteiger partial charge in [-0.15, -0.1) is 0 Å². The molecular formula is C45H63ClN4O5. The van der Waals surface area contributed by atoms with Gasteiger partial charge in [0.2, 0.25) is 11.6 Å². The van der Waals surface area contributed by atoms with Gasteiger partial charge in [-0.05, 0) is 76.2 Å². The maximum absolute atomic E-state index is 12.5. The van der Waals surface area contributed by atoms with Gasteiger partial charge in [-0.3, -0.25) is 4.79 Å². The number of ether oxygens (including phenoxy) is 3. The second-order valence-electron chi connectivity index (χ2n) is 15.6. The van der Waals surface area contributed by atoms with Crippen molar-refractivity contribution in [1.82, 2.24) is 10.6 Å². The van der Waals surface area contributed by atoms with Crippen molar-refractivity contribution >= 4 is 29.1 Å². The maximum atomic E-state index is 12.5. The highest BCUT2D eigenvalue weighted by Gasteiger charge is 2.43. The van der Waals surface area contributed by atoms with E-state index < -0.39 is 6.09 Å². The van der Waals surface area contributed by atoms with Crippen LogP contribution < -0.4 is 27.9 Å². The molecule has 1 unspecified atom stereocenters. The Labute approximate surface area is 335 Å². The Bertz CT molecular complexity index is 1700. The molecule has 55 heavy (non-hydrogen) atoms. The highest BCUT2D eigenvalue weighted by atomic mass is 35.5. The first-order valence-electron chi connectivity index (χ1n) is 20.1. The van der Waals surface area contributed by atoms with Crippen LogP contribution in [0.5, 0.6) is 0 Å². The molecule has 300 valence electrons. The second-order valence-corrected chi connectivity index (χ2v) is 15.6. The molecule has 0 spiro atoms. The third kappa shape index (κ3) is 11.8. The number of alkyl carbamates (subject to hydrolysis) is 1. The van der Waals surface area contributed by atoms with Crippen LogP contribution in [0.2, 0.25) is 0 Å². The lowest BCUT2D eigenvalue weighted by Crippen LogP contribution is -3.00. The van der Waals surface area contributed by atoms with Gasteiger partial charge in [0.15, 0.2) is 5.71 Å². The number of hydrogen-bond acceptors (Lipinski definition) is 6. The molecule has 0 saturated carbocycles. The highest BCUT2D eigenvalue weighted by molar-refractivity contribution is 6.03. The van der Waals surface area contributed by atoms with Gasteiger partial charge in [-0.1, -0.05) is 75.2 Å². The minimum Gasteiger partial charge on any atom is -1.00 e. The lowest BCUT2D eigenvalue weighted by atomic mass is 9.81. The maximum Gasteiger partial charge on any atom is 0.407 e. The Morgan fingerprint density at radius 2 is 1.56 bits per heavy atom. The quantitative estimate of drug-likeness (QED) is 0.122. The van der Waals surface area contributed by atoms with E-state index in [2.05, 4.69) is 128 Å². The van der Waals surface area contributed by atoms with E-state index in [4.69, 9.17) is 14.2 Å². The van der Waals surface area contributed by atoms with Crippen LogP contribution >= 0.6 is 0 Å². The number of fused-ring (bicyclic) bond motifs is 2. The standard InChI is InChI=1S/C45H62N4O5.ClH/c1-44(2)36-21-13-15-23-38(36)48(5)40(44)25-18-26-41-45(3,4)37-22-14-16-24-39(37)49(41)30-17-9-12-27-42(50)46-28-31-52-33-34-53-32-29-47-43(51)54-35-19-10-7-6-8-11-20-35;/h10,13-16,18-19,21-26,35H,6-9,11-12,17,20,27-34H2,1-5H3,(H-,46,47,50,51);1H. The minimum absolute atomic E-state index is 0. The first-order valence-corrected chi connectivity index (χ1v) is 20.1. The van der Waals surface area contributed by atoms with E-state index in [0.717, 1.165) is 45.1 Å². The van der Waals surface area contributed by atoms with E-state index in [1.54, 1.807) is 0 Å². The molecule has 0 saturated heterocycles. The molecule has 1 atom stereocenters. The molecule has 9 nitrogen and oxygen atoms in total. The zero-order valence-electron chi connectivity index (χ0n) is 33.7. The predicted octanol–water partition coefficient (Wildman–Crippen LogP) is 5.26. The predicted molar refractivity (Wildman–Crippen MR) is 218 cm³/mol. The molecule has 5 rings (SSSR count). The highest BCUT2D eigenvalue weighted by Crippen LogP contribution is 2.48. The molecule has 10 heteroatoms. The van der Waals surface area contributed by atoms with Crippen LogP contribution in [-0.4, -0.2) is 81.5 Å². The fraction of sp³-hybridized carbons (Fsp3) is 0.533. The number of nitrogens with zero attached hydrogens (tertiary/aromatic N) is 2. The number of amides is 2. The fourth-order valence-electron chi connectivity index (χ4n) is 7.95. The lowest BCUT2D eigenvalue weighted by molar-refractivity contribution is -0.401. The van der Waals surface area contributed by atoms with Crippen molar-refractivity contribution in [2.75, 3.05) is 58.0 Å². The normalized spacial score (nSPS) is 19.1. The number of anilines is 1. The Morgan fingerprint density at radius 1 is 0.855 bits per heavy atom. The smallest absolute Gasteiger partial charge is 0.407 e. The molecule has 2 aromatic carbocycles. The number of hydrogen-bond donors (Lipinski definition) is 2. The molecule has 2 N–H and O–H groups in total. The summed E-state index contributed by atoms with van der Waals surface area (Å²) in [7, 11) is 2.16. The average molecular weight is 775 g/mol. The average Bonchev–Trinajstić information content (AvgIpc) is 3.47. The van der Waals surface area contributed by atoms with E-state index >= 15 is 0 Å². The summed E-state index contributed by atoms with van der Waals surface area (Å²) in [6, 6.07) is 17.4. The van der Waals surface area contributed by atoms with Crippen LogP contribution in [-0.2, 0) is 29.8 Å². The van der Waals surface area contributed by atoms with Gasteiger partial charge < -0.3 is 42.2 Å². The molecular weight excluding hydrogens is 712 g/mol. The third-order valence-corrected chi connectivity index (χ3v) is 11.0. The van der Waals surface area contributed by atoms with E-state index in [1.807, 2.05) is 6.08 Å². The Balaban J connectivity index is 0.00000673. The summed E-state index contributed by atoms with van der Waals surface area (Å²) in [6.45, 7) is 12.7. The van der Waals surface area contributed by atoms with Crippen LogP contribution in [0.3, 0.4) is 0 Å². The summed E-state index contributed by atoms with van der Waals surface area (Å²) in [5, 5.41) is 5.71. The van der Waals surface area contributed by atoms with Gasteiger partial charge in [0, 0.05) is 60.6 Å². The lowest BCUT2D eigenvalue weighted by Gasteiger charge is -2.27. The molecule has 2 aliphatic heterocycles. The topological polar surface area (TPSA) is 92.1 Å². The van der Waals surface area contributed by atoms with E-state index in [-0.39, 0.29) is 35.2 Å². The molecule has 2 amide bonds. The number of rotatable bonds is 18. The van der Waals surface area contributed by atoms with Gasteiger partial charge in [0.25, 0.3) is 0 Å². The third-order valence-electron chi connectivity index (χ3n) is 11.0. The SMILES string of the molecule is C[N+]1=C(C=CC=C2N(CCCCCC(=O)NCCOCCOCCNC(=O)OC3C=CCCCCC3)c3ccccc3C2(C)C)C(C)(C)c2ccccc21.[Cl-]. The van der Waals surface area contributed by atoms with Gasteiger partial charge in [-0.25, -0.2) is 4.79 Å². The fourth-order valence-corrected chi connectivity index (χ4v) is 7.95. The van der Waals surface area contributed by atoms with Gasteiger partial charge in [-0.2, -0.15) is 4.58 Å². The van der Waals surface area contributed by atoms with E-state index in [1.165, 1.54) is 46.8 Å². The van der Waals surface area contributed by atoms with E-state index in [9.17, 15) is 9.59 Å². The van der Waals surface area contributed by atoms with Crippen molar-refractivity contribution in [3.05, 3.63) is 95.7 Å². The summed E-state index contributed by atoms with van der Waals surface area (Å²) >= 11 is 0. The first-order chi connectivity index (χ1) is 26.1. The van der Waals surface area contributed by atoms with Crippen molar-refractivity contribution < 1.29 is 40.8 Å². The van der Waals surface area contributed by atoms with Crippen molar-refractivity contribution in [1.29, 1.82) is 0 Å². The van der Waals surface area contributed by atoms with E-state index in [0.29, 0.717) is 45.9 Å². The zero-order valence-corrected chi connectivity index (χ0v) is 34.5. The minimum atomic E-state index is -0.407. The molecule has 2 heterocycles. The number of para-hydroxylation sites is 2. The molecule has 2 aromatic rings. The zero-order chi connectivity index (χ0) is 38.4. The molecule has 3 aliphatic rings. The summed E-state index contributed by atoms with van der Waals surface area (Å²) in [6.07, 6.45) is 19.1. The van der Waals surface area contributed by atoms with Crippen LogP contribution in [0.15, 0.2) is 84.6 Å². The van der Waals surface area contributed by atoms with Gasteiger partial charge in [0.1, 0.15) is 13.2 Å². The molecule has 0 fully saturated rings. The summed E-state index contributed by atoms with van der Waals surface area (Å²) < 4.78 is 18.9. The number of nitrogens with one attached hydrogen (secondary N) is 2. The molecule has 0 radical (unpaired) electrons. The number of unbranched alkanes of at least 4 members (excludes halogenated alkanes) is 2. The molecule has 0 bridgehead atoms. The van der Waals surface area contributed by atoms with Crippen molar-refractivity contribution in [3.8, 4) is 0 Å². The van der Waals surface area contributed by atoms with Crippen LogP contribution in [0, 0.1) is 0 Å². The van der Waals surface area contributed by atoms with Crippen LogP contribution in [0.4, 0.5) is 16.2 Å².